The highest BCUT2D eigenvalue weighted by Gasteiger charge is 2.29. The van der Waals surface area contributed by atoms with Gasteiger partial charge in [0.05, 0.1) is 22.9 Å². The average molecular weight is 561 g/mol. The number of carbonyl (C=O) groups is 1. The van der Waals surface area contributed by atoms with Crippen molar-refractivity contribution >= 4 is 55.7 Å². The SMILES string of the molecule is CCCCOC(=O)CN(c1ccc2cc(-c3c(C)noc3C)ccc2c1)S(=O)(=O)c1cc(Cl)cc(Cl)c1. The number of sulfonamides is 1. The van der Waals surface area contributed by atoms with Gasteiger partial charge in [-0.15, -0.1) is 0 Å². The zero-order valence-electron chi connectivity index (χ0n) is 20.6. The molecule has 0 aliphatic heterocycles. The lowest BCUT2D eigenvalue weighted by atomic mass is 10.00. The number of anilines is 1. The zero-order valence-corrected chi connectivity index (χ0v) is 23.0. The van der Waals surface area contributed by atoms with Crippen molar-refractivity contribution < 1.29 is 22.5 Å². The van der Waals surface area contributed by atoms with Crippen LogP contribution in [-0.4, -0.2) is 32.7 Å². The van der Waals surface area contributed by atoms with Crippen LogP contribution in [0.25, 0.3) is 21.9 Å². The van der Waals surface area contributed by atoms with E-state index < -0.39 is 22.5 Å². The lowest BCUT2D eigenvalue weighted by molar-refractivity contribution is -0.141. The van der Waals surface area contributed by atoms with E-state index in [9.17, 15) is 13.2 Å². The number of esters is 1. The largest absolute Gasteiger partial charge is 0.464 e. The molecule has 0 bridgehead atoms. The third-order valence-corrected chi connectivity index (χ3v) is 8.08. The molecule has 7 nitrogen and oxygen atoms in total. The van der Waals surface area contributed by atoms with Crippen molar-refractivity contribution in [3.05, 3.63) is 76.1 Å². The molecule has 10 heteroatoms. The van der Waals surface area contributed by atoms with E-state index in [-0.39, 0.29) is 21.5 Å². The first-order chi connectivity index (χ1) is 17.6. The molecule has 1 aromatic heterocycles. The Kier molecular flexibility index (Phi) is 8.11. The van der Waals surface area contributed by atoms with Crippen molar-refractivity contribution in [1.82, 2.24) is 5.16 Å². The van der Waals surface area contributed by atoms with Crippen LogP contribution in [0, 0.1) is 13.8 Å². The quantitative estimate of drug-likeness (QED) is 0.162. The lowest BCUT2D eigenvalue weighted by Crippen LogP contribution is -2.36. The van der Waals surface area contributed by atoms with Crippen LogP contribution in [0.4, 0.5) is 5.69 Å². The fraction of sp³-hybridized carbons (Fsp3) is 0.259. The fourth-order valence-electron chi connectivity index (χ4n) is 4.05. The standard InChI is InChI=1S/C27H26Cl2N2O5S/c1-4-5-10-35-26(32)16-31(37(33,34)25-14-22(28)13-23(29)15-25)24-9-8-19-11-21(7-6-20(19)12-24)27-17(2)30-36-18(27)3/h6-9,11-15H,4-5,10,16H2,1-3H3. The van der Waals surface area contributed by atoms with Crippen molar-refractivity contribution in [3.63, 3.8) is 0 Å². The van der Waals surface area contributed by atoms with Gasteiger partial charge in [-0.05, 0) is 73.0 Å². The average Bonchev–Trinajstić information content (AvgIpc) is 3.19. The minimum atomic E-state index is -4.21. The number of ether oxygens (including phenoxy) is 1. The van der Waals surface area contributed by atoms with Crippen LogP contribution in [0.2, 0.25) is 10.0 Å². The lowest BCUT2D eigenvalue weighted by Gasteiger charge is -2.24. The second-order valence-electron chi connectivity index (χ2n) is 8.64. The number of rotatable bonds is 9. The van der Waals surface area contributed by atoms with Crippen molar-refractivity contribution in [2.75, 3.05) is 17.5 Å². The summed E-state index contributed by atoms with van der Waals surface area (Å²) in [4.78, 5) is 12.5. The molecular formula is C27H26Cl2N2O5S. The van der Waals surface area contributed by atoms with Gasteiger partial charge in [0.2, 0.25) is 0 Å². The van der Waals surface area contributed by atoms with Crippen molar-refractivity contribution in [1.29, 1.82) is 0 Å². The molecule has 0 N–H and O–H groups in total. The predicted octanol–water partition coefficient (Wildman–Crippen LogP) is 6.96. The Bertz CT molecular complexity index is 1530. The smallest absolute Gasteiger partial charge is 0.326 e. The summed E-state index contributed by atoms with van der Waals surface area (Å²) in [6, 6.07) is 15.0. The van der Waals surface area contributed by atoms with Gasteiger partial charge < -0.3 is 9.26 Å². The number of benzene rings is 3. The number of aryl methyl sites for hydroxylation is 2. The van der Waals surface area contributed by atoms with E-state index in [1.165, 1.54) is 18.2 Å². The number of fused-ring (bicyclic) bond motifs is 1. The van der Waals surface area contributed by atoms with E-state index in [4.69, 9.17) is 32.5 Å². The highest BCUT2D eigenvalue weighted by atomic mass is 35.5. The monoisotopic (exact) mass is 560 g/mol. The Morgan fingerprint density at radius 3 is 2.32 bits per heavy atom. The van der Waals surface area contributed by atoms with E-state index >= 15 is 0 Å². The molecule has 0 radical (unpaired) electrons. The minimum absolute atomic E-state index is 0.125. The molecule has 0 amide bonds. The summed E-state index contributed by atoms with van der Waals surface area (Å²) in [6.07, 6.45) is 1.53. The predicted molar refractivity (Wildman–Crippen MR) is 146 cm³/mol. The Labute approximate surface area is 226 Å². The second-order valence-corrected chi connectivity index (χ2v) is 11.4. The van der Waals surface area contributed by atoms with Crippen LogP contribution >= 0.6 is 23.2 Å². The molecule has 0 spiro atoms. The summed E-state index contributed by atoms with van der Waals surface area (Å²) in [5.74, 6) is 0.0616. The maximum absolute atomic E-state index is 13.7. The zero-order chi connectivity index (χ0) is 26.7. The topological polar surface area (TPSA) is 89.7 Å². The third kappa shape index (κ3) is 5.92. The number of aromatic nitrogens is 1. The van der Waals surface area contributed by atoms with Crippen LogP contribution < -0.4 is 4.31 Å². The molecule has 0 unspecified atom stereocenters. The Morgan fingerprint density at radius 1 is 1.00 bits per heavy atom. The summed E-state index contributed by atoms with van der Waals surface area (Å²) < 4.78 is 39.0. The number of unbranched alkanes of at least 4 members (excludes halogenated alkanes) is 1. The van der Waals surface area contributed by atoms with Gasteiger partial charge >= 0.3 is 5.97 Å². The first kappa shape index (κ1) is 27.0. The van der Waals surface area contributed by atoms with Crippen LogP contribution in [-0.2, 0) is 19.6 Å². The first-order valence-corrected chi connectivity index (χ1v) is 13.9. The molecule has 0 aliphatic rings. The van der Waals surface area contributed by atoms with E-state index in [2.05, 4.69) is 5.16 Å². The molecule has 0 aliphatic carbocycles. The Balaban J connectivity index is 1.76. The van der Waals surface area contributed by atoms with Gasteiger partial charge in [-0.1, -0.05) is 59.9 Å². The molecule has 0 saturated heterocycles. The summed E-state index contributed by atoms with van der Waals surface area (Å²) in [7, 11) is -4.21. The number of hydrogen-bond acceptors (Lipinski definition) is 6. The van der Waals surface area contributed by atoms with E-state index in [0.717, 1.165) is 38.3 Å². The van der Waals surface area contributed by atoms with Crippen molar-refractivity contribution in [2.24, 2.45) is 0 Å². The minimum Gasteiger partial charge on any atom is -0.464 e. The maximum Gasteiger partial charge on any atom is 0.326 e. The maximum atomic E-state index is 13.7. The molecule has 0 saturated carbocycles. The summed E-state index contributed by atoms with van der Waals surface area (Å²) >= 11 is 12.2. The number of halogens is 2. The summed E-state index contributed by atoms with van der Waals surface area (Å²) in [5, 5.41) is 6.03. The number of nitrogens with zero attached hydrogens (tertiary/aromatic N) is 2. The van der Waals surface area contributed by atoms with E-state index in [1.807, 2.05) is 45.0 Å². The molecule has 0 atom stereocenters. The highest BCUT2D eigenvalue weighted by molar-refractivity contribution is 7.92. The van der Waals surface area contributed by atoms with Crippen LogP contribution in [0.1, 0.15) is 31.2 Å². The van der Waals surface area contributed by atoms with Gasteiger partial charge in [-0.25, -0.2) is 8.42 Å². The molecular weight excluding hydrogens is 535 g/mol. The van der Waals surface area contributed by atoms with Gasteiger partial charge in [-0.3, -0.25) is 9.10 Å². The molecule has 4 aromatic rings. The van der Waals surface area contributed by atoms with E-state index in [1.54, 1.807) is 12.1 Å². The number of hydrogen-bond donors (Lipinski definition) is 0. The van der Waals surface area contributed by atoms with Gasteiger partial charge in [0.1, 0.15) is 12.3 Å². The van der Waals surface area contributed by atoms with Gasteiger partial charge in [-0.2, -0.15) is 0 Å². The molecule has 194 valence electrons. The summed E-state index contributed by atoms with van der Waals surface area (Å²) in [5.41, 5.74) is 2.95. The first-order valence-electron chi connectivity index (χ1n) is 11.7. The molecule has 0 fully saturated rings. The normalized spacial score (nSPS) is 11.6. The Morgan fingerprint density at radius 2 is 1.68 bits per heavy atom. The van der Waals surface area contributed by atoms with Crippen LogP contribution in [0.3, 0.4) is 0 Å². The molecule has 37 heavy (non-hydrogen) atoms. The third-order valence-electron chi connectivity index (χ3n) is 5.89. The van der Waals surface area contributed by atoms with Gasteiger partial charge in [0, 0.05) is 15.6 Å². The Hall–Kier alpha value is -3.07. The highest BCUT2D eigenvalue weighted by Crippen LogP contribution is 2.33. The second kappa shape index (κ2) is 11.1. The molecule has 4 rings (SSSR count). The van der Waals surface area contributed by atoms with Gasteiger partial charge in [0.15, 0.2) is 0 Å². The van der Waals surface area contributed by atoms with Crippen molar-refractivity contribution in [3.8, 4) is 11.1 Å². The molecule has 3 aromatic carbocycles. The van der Waals surface area contributed by atoms with Gasteiger partial charge in [0.25, 0.3) is 10.0 Å². The molecule has 1 heterocycles. The van der Waals surface area contributed by atoms with Crippen LogP contribution in [0.15, 0.2) is 64.0 Å². The van der Waals surface area contributed by atoms with Crippen molar-refractivity contribution in [2.45, 2.75) is 38.5 Å². The van der Waals surface area contributed by atoms with Crippen LogP contribution in [0.5, 0.6) is 0 Å². The van der Waals surface area contributed by atoms with E-state index in [0.29, 0.717) is 17.9 Å². The number of carbonyl (C=O) groups excluding carboxylic acids is 1. The fourth-order valence-corrected chi connectivity index (χ4v) is 6.18. The summed E-state index contributed by atoms with van der Waals surface area (Å²) in [6.45, 7) is 5.42.